The van der Waals surface area contributed by atoms with Crippen LogP contribution in [0.25, 0.3) is 0 Å². The van der Waals surface area contributed by atoms with Crippen LogP contribution in [0.4, 0.5) is 17.6 Å². The number of hydrogen-bond donors (Lipinski definition) is 2. The van der Waals surface area contributed by atoms with Gasteiger partial charge < -0.3 is 19.6 Å². The van der Waals surface area contributed by atoms with Gasteiger partial charge in [0, 0.05) is 31.2 Å². The Balaban J connectivity index is 0.000000532. The highest BCUT2D eigenvalue weighted by Crippen LogP contribution is 2.23. The standard InChI is InChI=1S/C23H27FN4O4.C2HF3O2/c1-13-10-27(11-21(29)28(13)17-6-7-32-12-17)23(31)18-8-16(4-5-19(18)24)9-20-14(2)15(3)22(30)26-25-20;3-2(4,5)1(6)7/h4-5,8,13,17H,6-7,9-12H2,1-3H3,(H,26,30);(H,6,7). The SMILES string of the molecule is Cc1c(Cc2ccc(F)c(C(=O)N3CC(=O)N(C4CCOC4)C(C)C3)c2)n[nH]c(=O)c1C.O=C(O)C(F)(F)F. The smallest absolute Gasteiger partial charge is 0.475 e. The third-order valence-electron chi connectivity index (χ3n) is 6.66. The monoisotopic (exact) mass is 556 g/mol. The molecule has 2 aliphatic heterocycles. The van der Waals surface area contributed by atoms with Crippen molar-refractivity contribution in [1.29, 1.82) is 0 Å². The molecule has 2 aromatic rings. The molecule has 2 saturated heterocycles. The largest absolute Gasteiger partial charge is 0.490 e. The van der Waals surface area contributed by atoms with Crippen LogP contribution >= 0.6 is 0 Å². The average molecular weight is 557 g/mol. The van der Waals surface area contributed by atoms with Crippen LogP contribution in [-0.4, -0.2) is 87.5 Å². The molecule has 212 valence electrons. The number of piperazine rings is 1. The first-order chi connectivity index (χ1) is 18.2. The molecule has 2 aliphatic rings. The van der Waals surface area contributed by atoms with E-state index in [2.05, 4.69) is 10.2 Å². The third kappa shape index (κ3) is 6.99. The van der Waals surface area contributed by atoms with Gasteiger partial charge in [-0.05, 0) is 50.5 Å². The van der Waals surface area contributed by atoms with Gasteiger partial charge in [0.25, 0.3) is 11.5 Å². The van der Waals surface area contributed by atoms with Crippen molar-refractivity contribution in [3.05, 3.63) is 62.3 Å². The van der Waals surface area contributed by atoms with Gasteiger partial charge in [-0.3, -0.25) is 14.4 Å². The fraction of sp³-hybridized carbons (Fsp3) is 0.480. The van der Waals surface area contributed by atoms with E-state index in [4.69, 9.17) is 14.6 Å². The van der Waals surface area contributed by atoms with E-state index in [1.165, 1.54) is 17.0 Å². The number of alkyl halides is 3. The first kappa shape index (κ1) is 29.7. The number of hydrogen-bond acceptors (Lipinski definition) is 6. The highest BCUT2D eigenvalue weighted by Gasteiger charge is 2.39. The maximum absolute atomic E-state index is 14.6. The van der Waals surface area contributed by atoms with Crippen LogP contribution in [0.1, 0.15) is 46.1 Å². The molecule has 0 bridgehead atoms. The second kappa shape index (κ2) is 11.9. The van der Waals surface area contributed by atoms with Gasteiger partial charge in [-0.25, -0.2) is 14.3 Å². The van der Waals surface area contributed by atoms with Gasteiger partial charge in [0.05, 0.1) is 23.9 Å². The molecule has 2 amide bonds. The normalized spacial score (nSPS) is 19.5. The van der Waals surface area contributed by atoms with Crippen LogP contribution in [0.5, 0.6) is 0 Å². The number of carboxylic acids is 1. The molecule has 2 atom stereocenters. The summed E-state index contributed by atoms with van der Waals surface area (Å²) in [6.45, 7) is 6.82. The van der Waals surface area contributed by atoms with Crippen molar-refractivity contribution in [2.75, 3.05) is 26.3 Å². The van der Waals surface area contributed by atoms with Crippen LogP contribution in [0.15, 0.2) is 23.0 Å². The van der Waals surface area contributed by atoms with Crippen molar-refractivity contribution >= 4 is 17.8 Å². The van der Waals surface area contributed by atoms with Gasteiger partial charge in [0.1, 0.15) is 12.4 Å². The van der Waals surface area contributed by atoms with Crippen molar-refractivity contribution in [3.63, 3.8) is 0 Å². The van der Waals surface area contributed by atoms with Crippen LogP contribution in [0, 0.1) is 19.7 Å². The van der Waals surface area contributed by atoms with E-state index >= 15 is 0 Å². The minimum absolute atomic E-state index is 0.0336. The quantitative estimate of drug-likeness (QED) is 0.552. The second-order valence-electron chi connectivity index (χ2n) is 9.40. The average Bonchev–Trinajstić information content (AvgIpc) is 3.39. The number of carbonyl (C=O) groups is 3. The second-order valence-corrected chi connectivity index (χ2v) is 9.40. The molecule has 0 aliphatic carbocycles. The lowest BCUT2D eigenvalue weighted by Gasteiger charge is -2.42. The summed E-state index contributed by atoms with van der Waals surface area (Å²) in [5.41, 5.74) is 2.37. The molecule has 0 spiro atoms. The van der Waals surface area contributed by atoms with E-state index in [1.54, 1.807) is 17.9 Å². The number of aromatic amines is 1. The number of nitrogens with one attached hydrogen (secondary N) is 1. The summed E-state index contributed by atoms with van der Waals surface area (Å²) in [5, 5.41) is 13.7. The third-order valence-corrected chi connectivity index (χ3v) is 6.66. The fourth-order valence-corrected chi connectivity index (χ4v) is 4.48. The van der Waals surface area contributed by atoms with E-state index in [-0.39, 0.29) is 35.7 Å². The molecular weight excluding hydrogens is 528 g/mol. The Morgan fingerprint density at radius 1 is 1.21 bits per heavy atom. The minimum Gasteiger partial charge on any atom is -0.475 e. The Hall–Kier alpha value is -3.81. The van der Waals surface area contributed by atoms with Gasteiger partial charge in [0.2, 0.25) is 5.91 Å². The van der Waals surface area contributed by atoms with Gasteiger partial charge in [-0.2, -0.15) is 18.3 Å². The molecule has 2 N–H and O–H groups in total. The first-order valence-corrected chi connectivity index (χ1v) is 12.0. The van der Waals surface area contributed by atoms with Crippen molar-refractivity contribution in [3.8, 4) is 0 Å². The van der Waals surface area contributed by atoms with Gasteiger partial charge in [0.15, 0.2) is 0 Å². The molecule has 1 aromatic carbocycles. The zero-order chi connectivity index (χ0) is 29.1. The lowest BCUT2D eigenvalue weighted by atomic mass is 10.0. The van der Waals surface area contributed by atoms with E-state index in [0.29, 0.717) is 43.0 Å². The number of rotatable bonds is 4. The van der Waals surface area contributed by atoms with Crippen LogP contribution in [-0.2, 0) is 20.7 Å². The Kier molecular flexibility index (Phi) is 9.10. The van der Waals surface area contributed by atoms with Crippen molar-refractivity contribution in [2.45, 2.75) is 51.9 Å². The van der Waals surface area contributed by atoms with E-state index in [1.807, 2.05) is 13.8 Å². The van der Waals surface area contributed by atoms with Crippen LogP contribution in [0.3, 0.4) is 0 Å². The van der Waals surface area contributed by atoms with E-state index in [0.717, 1.165) is 12.0 Å². The summed E-state index contributed by atoms with van der Waals surface area (Å²) in [5.74, 6) is -4.04. The topological polar surface area (TPSA) is 133 Å². The summed E-state index contributed by atoms with van der Waals surface area (Å²) >= 11 is 0. The highest BCUT2D eigenvalue weighted by atomic mass is 19.4. The van der Waals surface area contributed by atoms with Crippen LogP contribution < -0.4 is 5.56 Å². The van der Waals surface area contributed by atoms with Crippen molar-refractivity contribution < 1.29 is 41.8 Å². The number of ether oxygens (including phenoxy) is 1. The minimum atomic E-state index is -5.08. The number of carbonyl (C=O) groups excluding carboxylic acids is 2. The summed E-state index contributed by atoms with van der Waals surface area (Å²) in [6.07, 6.45) is -3.95. The Morgan fingerprint density at radius 2 is 1.87 bits per heavy atom. The lowest BCUT2D eigenvalue weighted by Crippen LogP contribution is -2.60. The zero-order valence-corrected chi connectivity index (χ0v) is 21.5. The Bertz CT molecular complexity index is 1310. The Morgan fingerprint density at radius 3 is 2.44 bits per heavy atom. The number of benzene rings is 1. The molecule has 10 nitrogen and oxygen atoms in total. The number of nitrogens with zero attached hydrogens (tertiary/aromatic N) is 3. The fourth-order valence-electron chi connectivity index (χ4n) is 4.48. The Labute approximate surface area is 220 Å². The number of aromatic nitrogens is 2. The lowest BCUT2D eigenvalue weighted by molar-refractivity contribution is -0.192. The summed E-state index contributed by atoms with van der Waals surface area (Å²) < 4.78 is 51.7. The summed E-state index contributed by atoms with van der Waals surface area (Å²) in [4.78, 5) is 49.7. The van der Waals surface area contributed by atoms with E-state index < -0.39 is 23.9 Å². The van der Waals surface area contributed by atoms with Crippen LogP contribution in [0.2, 0.25) is 0 Å². The molecule has 1 aromatic heterocycles. The molecule has 39 heavy (non-hydrogen) atoms. The predicted octanol–water partition coefficient (Wildman–Crippen LogP) is 2.21. The molecule has 4 rings (SSSR count). The number of aliphatic carboxylic acids is 1. The summed E-state index contributed by atoms with van der Waals surface area (Å²) in [6, 6.07) is 4.22. The van der Waals surface area contributed by atoms with Crippen molar-refractivity contribution in [1.82, 2.24) is 20.0 Å². The van der Waals surface area contributed by atoms with Gasteiger partial charge in [-0.15, -0.1) is 0 Å². The zero-order valence-electron chi connectivity index (χ0n) is 21.5. The van der Waals surface area contributed by atoms with Gasteiger partial charge >= 0.3 is 12.1 Å². The molecule has 0 radical (unpaired) electrons. The van der Waals surface area contributed by atoms with E-state index in [9.17, 15) is 31.9 Å². The number of carboxylic acid groups (broad SMARTS) is 1. The molecule has 14 heteroatoms. The maximum atomic E-state index is 14.6. The number of H-pyrrole nitrogens is 1. The van der Waals surface area contributed by atoms with Crippen molar-refractivity contribution in [2.24, 2.45) is 0 Å². The molecule has 0 saturated carbocycles. The maximum Gasteiger partial charge on any atom is 0.490 e. The molecular formula is C25H28F4N4O6. The predicted molar refractivity (Wildman–Crippen MR) is 129 cm³/mol. The van der Waals surface area contributed by atoms with Gasteiger partial charge in [-0.1, -0.05) is 6.07 Å². The number of halogens is 4. The molecule has 2 unspecified atom stereocenters. The highest BCUT2D eigenvalue weighted by molar-refractivity contribution is 5.97. The first-order valence-electron chi connectivity index (χ1n) is 12.0. The number of amides is 2. The molecule has 3 heterocycles. The summed E-state index contributed by atoms with van der Waals surface area (Å²) in [7, 11) is 0. The molecule has 2 fully saturated rings.